The van der Waals surface area contributed by atoms with E-state index >= 15 is 0 Å². The highest BCUT2D eigenvalue weighted by atomic mass is 32.2. The standard InChI is InChI=1S/C11H14FN.C10H16O4S/c1-11(2)4-3-7-5-8(13)6-9(12)10(7)11;1-9(2)7-3-4-10(9,8(11)5-7)6-15(12,13)14/h5-6H,3-4,13H2,1-2H3;7H,3-6H2,1-2H3,(H,12,13,14). The molecule has 156 valence electrons. The molecule has 5 nitrogen and oxygen atoms in total. The molecule has 3 aliphatic carbocycles. The second-order valence-electron chi connectivity index (χ2n) is 9.81. The van der Waals surface area contributed by atoms with Crippen LogP contribution in [0, 0.1) is 22.6 Å². The number of carbonyl (C=O) groups is 1. The third-order valence-electron chi connectivity index (χ3n) is 7.46. The van der Waals surface area contributed by atoms with Gasteiger partial charge in [0.05, 0.1) is 11.2 Å². The van der Waals surface area contributed by atoms with Crippen LogP contribution in [-0.4, -0.2) is 24.5 Å². The Kier molecular flexibility index (Phi) is 4.95. The lowest BCUT2D eigenvalue weighted by molar-refractivity contribution is -0.128. The summed E-state index contributed by atoms with van der Waals surface area (Å²) in [7, 11) is -4.08. The number of hydrogen-bond donors (Lipinski definition) is 2. The van der Waals surface area contributed by atoms with E-state index in [9.17, 15) is 17.6 Å². The maximum Gasteiger partial charge on any atom is 0.265 e. The Labute approximate surface area is 166 Å². The molecule has 0 saturated heterocycles. The van der Waals surface area contributed by atoms with E-state index in [1.807, 2.05) is 19.9 Å². The second kappa shape index (κ2) is 6.52. The number of carbonyl (C=O) groups excluding carboxylic acids is 1. The average molecular weight is 412 g/mol. The molecule has 0 amide bonds. The summed E-state index contributed by atoms with van der Waals surface area (Å²) in [6.45, 7) is 8.05. The summed E-state index contributed by atoms with van der Waals surface area (Å²) in [6, 6.07) is 3.32. The van der Waals surface area contributed by atoms with E-state index in [1.165, 1.54) is 6.07 Å². The van der Waals surface area contributed by atoms with Gasteiger partial charge in [-0.15, -0.1) is 0 Å². The number of benzene rings is 1. The lowest BCUT2D eigenvalue weighted by Gasteiger charge is -2.35. The van der Waals surface area contributed by atoms with Crippen molar-refractivity contribution in [1.82, 2.24) is 0 Å². The van der Waals surface area contributed by atoms with Gasteiger partial charge in [-0.05, 0) is 65.7 Å². The van der Waals surface area contributed by atoms with Crippen molar-refractivity contribution in [3.8, 4) is 0 Å². The summed E-state index contributed by atoms with van der Waals surface area (Å²) >= 11 is 0. The zero-order valence-electron chi connectivity index (χ0n) is 17.0. The summed E-state index contributed by atoms with van der Waals surface area (Å²) in [6.07, 6.45) is 3.94. The lowest BCUT2D eigenvalue weighted by Crippen LogP contribution is -2.42. The number of rotatable bonds is 2. The van der Waals surface area contributed by atoms with Crippen molar-refractivity contribution in [2.24, 2.45) is 16.7 Å². The number of aryl methyl sites for hydroxylation is 1. The highest BCUT2D eigenvalue weighted by Gasteiger charge is 2.65. The first-order valence-corrected chi connectivity index (χ1v) is 11.4. The van der Waals surface area contributed by atoms with Crippen molar-refractivity contribution in [1.29, 1.82) is 0 Å². The molecule has 0 heterocycles. The SMILES string of the molecule is CC1(C)C2CCC1(CS(=O)(=O)O)C(=O)C2.CC1(C)CCc2cc(N)cc(F)c21. The van der Waals surface area contributed by atoms with Crippen molar-refractivity contribution in [3.05, 3.63) is 29.1 Å². The van der Waals surface area contributed by atoms with Crippen molar-refractivity contribution in [2.45, 2.75) is 65.2 Å². The van der Waals surface area contributed by atoms with E-state index in [0.29, 0.717) is 18.5 Å². The van der Waals surface area contributed by atoms with Crippen LogP contribution in [0.25, 0.3) is 0 Å². The van der Waals surface area contributed by atoms with Crippen LogP contribution in [0.5, 0.6) is 0 Å². The molecule has 28 heavy (non-hydrogen) atoms. The second-order valence-corrected chi connectivity index (χ2v) is 11.3. The molecule has 2 saturated carbocycles. The van der Waals surface area contributed by atoms with Crippen molar-refractivity contribution in [3.63, 3.8) is 0 Å². The Balaban J connectivity index is 0.000000162. The number of hydrogen-bond acceptors (Lipinski definition) is 4. The molecule has 2 atom stereocenters. The molecule has 2 fully saturated rings. The first kappa shape index (κ1) is 21.2. The third-order valence-corrected chi connectivity index (χ3v) is 8.32. The fourth-order valence-corrected chi connectivity index (χ4v) is 6.93. The van der Waals surface area contributed by atoms with Crippen LogP contribution >= 0.6 is 0 Å². The zero-order valence-corrected chi connectivity index (χ0v) is 17.8. The minimum absolute atomic E-state index is 0.0152. The molecule has 0 aromatic heterocycles. The van der Waals surface area contributed by atoms with Gasteiger partial charge in [-0.2, -0.15) is 8.42 Å². The molecule has 1 aromatic carbocycles. The lowest BCUT2D eigenvalue weighted by atomic mass is 9.70. The first-order valence-electron chi connectivity index (χ1n) is 9.76. The van der Waals surface area contributed by atoms with Crippen LogP contribution in [0.15, 0.2) is 12.1 Å². The van der Waals surface area contributed by atoms with Gasteiger partial charge in [-0.3, -0.25) is 9.35 Å². The maximum atomic E-state index is 13.6. The zero-order chi connectivity index (χ0) is 21.1. The van der Waals surface area contributed by atoms with E-state index in [1.54, 1.807) is 0 Å². The maximum absolute atomic E-state index is 13.6. The van der Waals surface area contributed by atoms with E-state index in [4.69, 9.17) is 10.3 Å². The van der Waals surface area contributed by atoms with Crippen molar-refractivity contribution >= 4 is 21.6 Å². The molecule has 7 heteroatoms. The van der Waals surface area contributed by atoms with Gasteiger partial charge >= 0.3 is 0 Å². The Morgan fingerprint density at radius 3 is 2.36 bits per heavy atom. The van der Waals surface area contributed by atoms with Gasteiger partial charge in [-0.1, -0.05) is 27.7 Å². The number of anilines is 1. The number of halogens is 1. The molecule has 0 spiro atoms. The summed E-state index contributed by atoms with van der Waals surface area (Å²) in [5.74, 6) is -0.242. The third kappa shape index (κ3) is 3.36. The fraction of sp³-hybridized carbons (Fsp3) is 0.667. The number of nitrogens with two attached hydrogens (primary N) is 1. The minimum atomic E-state index is -4.08. The van der Waals surface area contributed by atoms with E-state index < -0.39 is 21.3 Å². The largest absolute Gasteiger partial charge is 0.399 e. The summed E-state index contributed by atoms with van der Waals surface area (Å²) < 4.78 is 44.5. The number of ketones is 1. The molecule has 3 aliphatic rings. The highest BCUT2D eigenvalue weighted by Crippen LogP contribution is 2.64. The topological polar surface area (TPSA) is 97.5 Å². The smallest absolute Gasteiger partial charge is 0.265 e. The first-order chi connectivity index (χ1) is 12.7. The molecule has 2 unspecified atom stereocenters. The van der Waals surface area contributed by atoms with E-state index in [-0.39, 0.29) is 28.3 Å². The molecule has 0 radical (unpaired) electrons. The summed E-state index contributed by atoms with van der Waals surface area (Å²) in [5, 5.41) is 0. The molecule has 1 aromatic rings. The van der Waals surface area contributed by atoms with Crippen LogP contribution in [0.2, 0.25) is 0 Å². The molecule has 2 bridgehead atoms. The summed E-state index contributed by atoms with van der Waals surface area (Å²) in [4.78, 5) is 11.9. The van der Waals surface area contributed by atoms with Crippen LogP contribution < -0.4 is 5.73 Å². The molecule has 0 aliphatic heterocycles. The summed E-state index contributed by atoms with van der Waals surface area (Å²) in [5.41, 5.74) is 6.92. The number of nitrogen functional groups attached to an aromatic ring is 1. The van der Waals surface area contributed by atoms with Crippen LogP contribution in [0.4, 0.5) is 10.1 Å². The van der Waals surface area contributed by atoms with Crippen LogP contribution in [0.1, 0.15) is 64.5 Å². The Bertz CT molecular complexity index is 923. The van der Waals surface area contributed by atoms with Gasteiger partial charge in [0.2, 0.25) is 0 Å². The van der Waals surface area contributed by atoms with Gasteiger partial charge in [0.1, 0.15) is 11.6 Å². The van der Waals surface area contributed by atoms with Crippen molar-refractivity contribution in [2.75, 3.05) is 11.5 Å². The molecule has 3 N–H and O–H groups in total. The van der Waals surface area contributed by atoms with Gasteiger partial charge in [0, 0.05) is 12.1 Å². The number of fused-ring (bicyclic) bond motifs is 3. The van der Waals surface area contributed by atoms with Crippen LogP contribution in [-0.2, 0) is 26.7 Å². The molecular weight excluding hydrogens is 381 g/mol. The fourth-order valence-electron chi connectivity index (χ4n) is 5.63. The van der Waals surface area contributed by atoms with E-state index in [2.05, 4.69) is 13.8 Å². The Morgan fingerprint density at radius 2 is 1.86 bits per heavy atom. The Hall–Kier alpha value is -1.47. The van der Waals surface area contributed by atoms with Crippen molar-refractivity contribution < 1.29 is 22.2 Å². The van der Waals surface area contributed by atoms with Gasteiger partial charge in [-0.25, -0.2) is 4.39 Å². The average Bonchev–Trinajstić information content (AvgIpc) is 3.01. The monoisotopic (exact) mass is 411 g/mol. The normalized spacial score (nSPS) is 29.4. The minimum Gasteiger partial charge on any atom is -0.399 e. The highest BCUT2D eigenvalue weighted by molar-refractivity contribution is 7.85. The number of Topliss-reactive ketones (excluding diaryl/α,β-unsaturated/α-hetero) is 1. The van der Waals surface area contributed by atoms with Gasteiger partial charge < -0.3 is 5.73 Å². The predicted molar refractivity (Wildman–Crippen MR) is 107 cm³/mol. The predicted octanol–water partition coefficient (Wildman–Crippen LogP) is 3.90. The molecular formula is C21H30FNO4S. The van der Waals surface area contributed by atoms with Gasteiger partial charge in [0.15, 0.2) is 0 Å². The quantitative estimate of drug-likeness (QED) is 0.568. The van der Waals surface area contributed by atoms with Crippen LogP contribution in [0.3, 0.4) is 0 Å². The van der Waals surface area contributed by atoms with E-state index in [0.717, 1.165) is 30.4 Å². The van der Waals surface area contributed by atoms with Gasteiger partial charge in [0.25, 0.3) is 10.1 Å². The Morgan fingerprint density at radius 1 is 1.21 bits per heavy atom. The molecule has 4 rings (SSSR count).